The SMILES string of the molecule is CC(C)(C)CCC1=C(Cl)C(=O)N(c2cc(C(C)(C)C)on2)C1O. The smallest absolute Gasteiger partial charge is 0.273 e. The zero-order valence-corrected chi connectivity index (χ0v) is 15.4. The van der Waals surface area contributed by atoms with Gasteiger partial charge in [0.2, 0.25) is 0 Å². The van der Waals surface area contributed by atoms with Gasteiger partial charge in [0.1, 0.15) is 10.8 Å². The molecule has 1 aromatic heterocycles. The minimum atomic E-state index is -1.09. The van der Waals surface area contributed by atoms with E-state index < -0.39 is 12.1 Å². The average molecular weight is 341 g/mol. The number of hydrogen-bond acceptors (Lipinski definition) is 4. The molecule has 0 aliphatic carbocycles. The summed E-state index contributed by atoms with van der Waals surface area (Å²) in [6.45, 7) is 12.3. The first-order chi connectivity index (χ1) is 10.4. The Labute approximate surface area is 142 Å². The van der Waals surface area contributed by atoms with Crippen molar-refractivity contribution in [3.05, 3.63) is 22.4 Å². The number of anilines is 1. The molecule has 6 heteroatoms. The van der Waals surface area contributed by atoms with Crippen LogP contribution in [0.4, 0.5) is 5.82 Å². The van der Waals surface area contributed by atoms with E-state index in [1.807, 2.05) is 20.8 Å². The van der Waals surface area contributed by atoms with Crippen LogP contribution in [-0.4, -0.2) is 22.4 Å². The summed E-state index contributed by atoms with van der Waals surface area (Å²) in [4.78, 5) is 13.6. The van der Waals surface area contributed by atoms with E-state index >= 15 is 0 Å². The fraction of sp³-hybridized carbons (Fsp3) is 0.647. The molecule has 1 unspecified atom stereocenters. The summed E-state index contributed by atoms with van der Waals surface area (Å²) in [5.41, 5.74) is 0.408. The third-order valence-electron chi connectivity index (χ3n) is 3.87. The van der Waals surface area contributed by atoms with Crippen molar-refractivity contribution in [1.82, 2.24) is 5.16 Å². The Morgan fingerprint density at radius 2 is 1.91 bits per heavy atom. The standard InChI is InChI=1S/C17H25ClN2O3/c1-16(2,3)8-7-10-13(18)15(22)20(14(10)21)12-9-11(23-19-12)17(4,5)6/h9,14,21H,7-8H2,1-6H3. The number of aliphatic hydroxyl groups is 1. The lowest BCUT2D eigenvalue weighted by Crippen LogP contribution is -2.35. The molecule has 0 fully saturated rings. The lowest BCUT2D eigenvalue weighted by Gasteiger charge is -2.22. The Hall–Kier alpha value is -1.33. The van der Waals surface area contributed by atoms with Gasteiger partial charge in [-0.2, -0.15) is 0 Å². The second kappa shape index (κ2) is 5.95. The van der Waals surface area contributed by atoms with Crippen LogP contribution in [0.3, 0.4) is 0 Å². The van der Waals surface area contributed by atoms with Crippen LogP contribution < -0.4 is 4.90 Å². The number of hydrogen-bond donors (Lipinski definition) is 1. The number of halogens is 1. The van der Waals surface area contributed by atoms with Crippen LogP contribution in [0, 0.1) is 5.41 Å². The summed E-state index contributed by atoms with van der Waals surface area (Å²) in [6, 6.07) is 1.68. The fourth-order valence-electron chi connectivity index (χ4n) is 2.33. The molecule has 2 rings (SSSR count). The van der Waals surface area contributed by atoms with Crippen molar-refractivity contribution in [2.75, 3.05) is 4.90 Å². The number of carbonyl (C=O) groups is 1. The molecular weight excluding hydrogens is 316 g/mol. The van der Waals surface area contributed by atoms with E-state index in [2.05, 4.69) is 25.9 Å². The van der Waals surface area contributed by atoms with Crippen molar-refractivity contribution in [1.29, 1.82) is 0 Å². The summed E-state index contributed by atoms with van der Waals surface area (Å²) in [5.74, 6) is 0.500. The lowest BCUT2D eigenvalue weighted by molar-refractivity contribution is -0.115. The van der Waals surface area contributed by atoms with E-state index in [0.29, 0.717) is 17.8 Å². The topological polar surface area (TPSA) is 66.6 Å². The first-order valence-electron chi connectivity index (χ1n) is 7.79. The monoisotopic (exact) mass is 340 g/mol. The zero-order chi connectivity index (χ0) is 17.6. The van der Waals surface area contributed by atoms with E-state index in [-0.39, 0.29) is 21.7 Å². The molecule has 1 N–H and O–H groups in total. The molecule has 23 heavy (non-hydrogen) atoms. The quantitative estimate of drug-likeness (QED) is 0.904. The van der Waals surface area contributed by atoms with E-state index in [1.54, 1.807) is 6.07 Å². The second-order valence-corrected chi connectivity index (χ2v) is 8.63. The predicted molar refractivity (Wildman–Crippen MR) is 90.3 cm³/mol. The van der Waals surface area contributed by atoms with Crippen molar-refractivity contribution < 1.29 is 14.4 Å². The van der Waals surface area contributed by atoms with Crippen molar-refractivity contribution in [3.63, 3.8) is 0 Å². The van der Waals surface area contributed by atoms with Gasteiger partial charge in [-0.05, 0) is 18.3 Å². The van der Waals surface area contributed by atoms with Gasteiger partial charge in [-0.15, -0.1) is 0 Å². The van der Waals surface area contributed by atoms with Crippen LogP contribution in [0.15, 0.2) is 21.2 Å². The van der Waals surface area contributed by atoms with Gasteiger partial charge >= 0.3 is 0 Å². The molecule has 0 saturated carbocycles. The molecule has 1 aliphatic rings. The van der Waals surface area contributed by atoms with Gasteiger partial charge in [0.25, 0.3) is 5.91 Å². The molecule has 128 valence electrons. The largest absolute Gasteiger partial charge is 0.369 e. The van der Waals surface area contributed by atoms with E-state index in [1.165, 1.54) is 4.90 Å². The third kappa shape index (κ3) is 3.78. The molecule has 0 bridgehead atoms. The average Bonchev–Trinajstić information content (AvgIpc) is 2.93. The van der Waals surface area contributed by atoms with Crippen molar-refractivity contribution in [2.45, 2.75) is 66.0 Å². The Morgan fingerprint density at radius 3 is 2.39 bits per heavy atom. The highest BCUT2D eigenvalue weighted by Crippen LogP contribution is 2.37. The molecular formula is C17H25ClN2O3. The molecule has 1 amide bonds. The molecule has 0 saturated heterocycles. The van der Waals surface area contributed by atoms with Gasteiger partial charge in [-0.1, -0.05) is 58.3 Å². The first-order valence-corrected chi connectivity index (χ1v) is 8.17. The van der Waals surface area contributed by atoms with Gasteiger partial charge in [0.15, 0.2) is 12.0 Å². The summed E-state index contributed by atoms with van der Waals surface area (Å²) in [5, 5.41) is 14.5. The lowest BCUT2D eigenvalue weighted by atomic mass is 9.88. The van der Waals surface area contributed by atoms with Crippen LogP contribution in [0.2, 0.25) is 0 Å². The first kappa shape index (κ1) is 18.0. The zero-order valence-electron chi connectivity index (χ0n) is 14.6. The molecule has 5 nitrogen and oxygen atoms in total. The third-order valence-corrected chi connectivity index (χ3v) is 4.28. The molecule has 2 heterocycles. The number of carbonyl (C=O) groups excluding carboxylic acids is 1. The van der Waals surface area contributed by atoms with Crippen LogP contribution in [-0.2, 0) is 10.2 Å². The van der Waals surface area contributed by atoms with Crippen molar-refractivity contribution in [3.8, 4) is 0 Å². The minimum Gasteiger partial charge on any atom is -0.369 e. The summed E-state index contributed by atoms with van der Waals surface area (Å²) in [7, 11) is 0. The van der Waals surface area contributed by atoms with E-state index in [0.717, 1.165) is 6.42 Å². The number of aromatic nitrogens is 1. The highest BCUT2D eigenvalue weighted by molar-refractivity contribution is 6.45. The highest BCUT2D eigenvalue weighted by Gasteiger charge is 2.40. The van der Waals surface area contributed by atoms with Crippen molar-refractivity contribution in [2.24, 2.45) is 5.41 Å². The number of nitrogens with zero attached hydrogens (tertiary/aromatic N) is 2. The van der Waals surface area contributed by atoms with Gasteiger partial charge in [0, 0.05) is 17.1 Å². The summed E-state index contributed by atoms with van der Waals surface area (Å²) >= 11 is 6.16. The molecule has 0 radical (unpaired) electrons. The van der Waals surface area contributed by atoms with Gasteiger partial charge < -0.3 is 9.63 Å². The van der Waals surface area contributed by atoms with Crippen molar-refractivity contribution >= 4 is 23.3 Å². The number of rotatable bonds is 3. The molecule has 1 aliphatic heterocycles. The van der Waals surface area contributed by atoms with Gasteiger partial charge in [-0.25, -0.2) is 0 Å². The van der Waals surface area contributed by atoms with Gasteiger partial charge in [0.05, 0.1) is 0 Å². The van der Waals surface area contributed by atoms with E-state index in [9.17, 15) is 9.90 Å². The summed E-state index contributed by atoms with van der Waals surface area (Å²) in [6.07, 6.45) is 0.300. The maximum absolute atomic E-state index is 12.4. The summed E-state index contributed by atoms with van der Waals surface area (Å²) < 4.78 is 5.31. The highest BCUT2D eigenvalue weighted by atomic mass is 35.5. The number of aliphatic hydroxyl groups excluding tert-OH is 1. The fourth-order valence-corrected chi connectivity index (χ4v) is 2.62. The Kier molecular flexibility index (Phi) is 4.66. The Morgan fingerprint density at radius 1 is 1.30 bits per heavy atom. The Bertz CT molecular complexity index is 635. The molecule has 0 spiro atoms. The maximum Gasteiger partial charge on any atom is 0.273 e. The maximum atomic E-state index is 12.4. The molecule has 1 atom stereocenters. The van der Waals surface area contributed by atoms with Crippen LogP contribution in [0.5, 0.6) is 0 Å². The minimum absolute atomic E-state index is 0.0852. The normalized spacial score (nSPS) is 19.9. The Balaban J connectivity index is 2.24. The van der Waals surface area contributed by atoms with Gasteiger partial charge in [-0.3, -0.25) is 9.69 Å². The number of amides is 1. The predicted octanol–water partition coefficient (Wildman–Crippen LogP) is 3.96. The van der Waals surface area contributed by atoms with Crippen LogP contribution >= 0.6 is 11.6 Å². The van der Waals surface area contributed by atoms with E-state index in [4.69, 9.17) is 16.1 Å². The van der Waals surface area contributed by atoms with Crippen LogP contribution in [0.25, 0.3) is 0 Å². The molecule has 1 aromatic rings. The second-order valence-electron chi connectivity index (χ2n) is 8.25. The van der Waals surface area contributed by atoms with Crippen LogP contribution in [0.1, 0.15) is 60.1 Å². The molecule has 0 aromatic carbocycles.